The van der Waals surface area contributed by atoms with Crippen LogP contribution in [0.4, 0.5) is 0 Å². The molecule has 0 amide bonds. The molecule has 3 heteroatoms. The Balaban J connectivity index is 1.90. The molecule has 0 atom stereocenters. The average Bonchev–Trinajstić information content (AvgIpc) is 2.86. The number of hydrogen-bond donors (Lipinski definition) is 0. The Morgan fingerprint density at radius 1 is 1.06 bits per heavy atom. The lowest BCUT2D eigenvalue weighted by Crippen LogP contribution is -1.88. The van der Waals surface area contributed by atoms with E-state index in [2.05, 4.69) is 47.4 Å². The number of alkyl halides is 1. The Hall–Kier alpha value is -1.38. The smallest absolute Gasteiger partial charge is 0.0972 e. The molecule has 3 rings (SSSR count). The highest BCUT2D eigenvalue weighted by molar-refractivity contribution is 7.09. The molecule has 0 fully saturated rings. The predicted octanol–water partition coefficient (Wildman–Crippen LogP) is 4.63. The summed E-state index contributed by atoms with van der Waals surface area (Å²) >= 11 is 7.44. The van der Waals surface area contributed by atoms with Crippen molar-refractivity contribution in [2.75, 3.05) is 0 Å². The zero-order valence-corrected chi connectivity index (χ0v) is 11.3. The molecule has 1 aromatic heterocycles. The van der Waals surface area contributed by atoms with Gasteiger partial charge in [0.25, 0.3) is 0 Å². The number of hydrogen-bond acceptors (Lipinski definition) is 2. The van der Waals surface area contributed by atoms with Crippen molar-refractivity contribution < 1.29 is 0 Å². The zero-order valence-electron chi connectivity index (χ0n) is 9.77. The molecule has 0 radical (unpaired) electrons. The Bertz CT molecular complexity index is 675. The molecular weight excluding hydrogens is 262 g/mol. The van der Waals surface area contributed by atoms with Crippen LogP contribution >= 0.6 is 22.9 Å². The van der Waals surface area contributed by atoms with E-state index in [4.69, 9.17) is 11.6 Å². The summed E-state index contributed by atoms with van der Waals surface area (Å²) in [6, 6.07) is 15.0. The highest BCUT2D eigenvalue weighted by Gasteiger charge is 2.03. The van der Waals surface area contributed by atoms with Gasteiger partial charge in [-0.3, -0.25) is 0 Å². The molecule has 1 nitrogen and oxygen atoms in total. The summed E-state index contributed by atoms with van der Waals surface area (Å²) in [6.45, 7) is 0. The van der Waals surface area contributed by atoms with Crippen LogP contribution in [0.5, 0.6) is 0 Å². The summed E-state index contributed by atoms with van der Waals surface area (Å²) in [6.07, 6.45) is 0.881. The van der Waals surface area contributed by atoms with Crippen molar-refractivity contribution in [3.05, 3.63) is 64.1 Å². The van der Waals surface area contributed by atoms with E-state index < -0.39 is 0 Å². The van der Waals surface area contributed by atoms with Gasteiger partial charge < -0.3 is 0 Å². The monoisotopic (exact) mass is 273 g/mol. The van der Waals surface area contributed by atoms with Crippen molar-refractivity contribution in [1.29, 1.82) is 0 Å². The molecule has 0 bridgehead atoms. The van der Waals surface area contributed by atoms with Gasteiger partial charge in [-0.05, 0) is 16.3 Å². The van der Waals surface area contributed by atoms with Crippen molar-refractivity contribution in [3.63, 3.8) is 0 Å². The van der Waals surface area contributed by atoms with Gasteiger partial charge in [0.05, 0.1) is 16.6 Å². The van der Waals surface area contributed by atoms with Crippen molar-refractivity contribution in [2.24, 2.45) is 0 Å². The quantitative estimate of drug-likeness (QED) is 0.634. The van der Waals surface area contributed by atoms with Gasteiger partial charge in [-0.25, -0.2) is 4.98 Å². The van der Waals surface area contributed by atoms with Crippen LogP contribution in [0.3, 0.4) is 0 Å². The molecule has 18 heavy (non-hydrogen) atoms. The molecule has 0 aliphatic heterocycles. The van der Waals surface area contributed by atoms with Crippen LogP contribution < -0.4 is 0 Å². The van der Waals surface area contributed by atoms with E-state index >= 15 is 0 Å². The molecule has 0 unspecified atom stereocenters. The average molecular weight is 274 g/mol. The van der Waals surface area contributed by atoms with Crippen molar-refractivity contribution >= 4 is 33.7 Å². The molecule has 3 aromatic rings. The van der Waals surface area contributed by atoms with Crippen molar-refractivity contribution in [1.82, 2.24) is 4.98 Å². The van der Waals surface area contributed by atoms with E-state index in [1.165, 1.54) is 16.3 Å². The maximum atomic E-state index is 5.77. The Labute approximate surface area is 115 Å². The number of fused-ring (bicyclic) bond motifs is 1. The van der Waals surface area contributed by atoms with E-state index in [0.717, 1.165) is 17.1 Å². The molecule has 90 valence electrons. The second kappa shape index (κ2) is 5.09. The van der Waals surface area contributed by atoms with E-state index in [9.17, 15) is 0 Å². The molecule has 0 spiro atoms. The third-order valence-corrected chi connectivity index (χ3v) is 4.08. The lowest BCUT2D eigenvalue weighted by atomic mass is 10.1. The first-order valence-corrected chi connectivity index (χ1v) is 7.23. The Morgan fingerprint density at radius 3 is 2.67 bits per heavy atom. The summed E-state index contributed by atoms with van der Waals surface area (Å²) in [7, 11) is 0. The minimum atomic E-state index is 0.494. The zero-order chi connectivity index (χ0) is 12.4. The van der Waals surface area contributed by atoms with Gasteiger partial charge in [-0.2, -0.15) is 0 Å². The molecule has 2 aromatic carbocycles. The number of thiazole rings is 1. The molecule has 0 N–H and O–H groups in total. The van der Waals surface area contributed by atoms with Gasteiger partial charge in [-0.15, -0.1) is 22.9 Å². The summed E-state index contributed by atoms with van der Waals surface area (Å²) in [5.41, 5.74) is 2.27. The molecule has 0 saturated heterocycles. The van der Waals surface area contributed by atoms with E-state index in [1.807, 2.05) is 5.38 Å². The van der Waals surface area contributed by atoms with Gasteiger partial charge in [0, 0.05) is 11.8 Å². The molecular formula is C15H12ClNS. The van der Waals surface area contributed by atoms with Crippen LogP contribution in [0.25, 0.3) is 10.8 Å². The van der Waals surface area contributed by atoms with Crippen LogP contribution in [-0.4, -0.2) is 4.98 Å². The van der Waals surface area contributed by atoms with Gasteiger partial charge in [0.2, 0.25) is 0 Å². The first kappa shape index (κ1) is 11.7. The van der Waals surface area contributed by atoms with Gasteiger partial charge >= 0.3 is 0 Å². The SMILES string of the molecule is ClCc1csc(Cc2ccc3ccccc3c2)n1. The van der Waals surface area contributed by atoms with Crippen LogP contribution in [0.1, 0.15) is 16.3 Å². The minimum absolute atomic E-state index is 0.494. The molecule has 0 saturated carbocycles. The predicted molar refractivity (Wildman–Crippen MR) is 78.4 cm³/mol. The third kappa shape index (κ3) is 2.40. The van der Waals surface area contributed by atoms with Crippen LogP contribution in [-0.2, 0) is 12.3 Å². The fourth-order valence-electron chi connectivity index (χ4n) is 2.01. The standard InChI is InChI=1S/C15H12ClNS/c16-9-14-10-18-15(17-14)8-11-5-6-12-3-1-2-4-13(12)7-11/h1-7,10H,8-9H2. The highest BCUT2D eigenvalue weighted by atomic mass is 35.5. The Kier molecular flexibility index (Phi) is 3.31. The van der Waals surface area contributed by atoms with Gasteiger partial charge in [0.15, 0.2) is 0 Å². The number of benzene rings is 2. The first-order valence-electron chi connectivity index (χ1n) is 5.82. The van der Waals surface area contributed by atoms with Crippen molar-refractivity contribution in [3.8, 4) is 0 Å². The summed E-state index contributed by atoms with van der Waals surface area (Å²) in [5.74, 6) is 0.494. The maximum absolute atomic E-state index is 5.77. The molecule has 0 aliphatic rings. The number of halogens is 1. The topological polar surface area (TPSA) is 12.9 Å². The lowest BCUT2D eigenvalue weighted by molar-refractivity contribution is 1.09. The van der Waals surface area contributed by atoms with Crippen LogP contribution in [0, 0.1) is 0 Å². The maximum Gasteiger partial charge on any atom is 0.0972 e. The van der Waals surface area contributed by atoms with Crippen LogP contribution in [0.15, 0.2) is 47.8 Å². The third-order valence-electron chi connectivity index (χ3n) is 2.91. The fourth-order valence-corrected chi connectivity index (χ4v) is 3.07. The second-order valence-electron chi connectivity index (χ2n) is 4.22. The number of rotatable bonds is 3. The first-order chi connectivity index (χ1) is 8.85. The highest BCUT2D eigenvalue weighted by Crippen LogP contribution is 2.20. The van der Waals surface area contributed by atoms with E-state index in [0.29, 0.717) is 5.88 Å². The Morgan fingerprint density at radius 2 is 1.89 bits per heavy atom. The molecule has 1 heterocycles. The lowest BCUT2D eigenvalue weighted by Gasteiger charge is -2.01. The number of nitrogens with zero attached hydrogens (tertiary/aromatic N) is 1. The molecule has 0 aliphatic carbocycles. The summed E-state index contributed by atoms with van der Waals surface area (Å²) in [5, 5.41) is 5.72. The van der Waals surface area contributed by atoms with E-state index in [1.54, 1.807) is 11.3 Å². The normalized spacial score (nSPS) is 10.9. The van der Waals surface area contributed by atoms with Gasteiger partial charge in [0.1, 0.15) is 0 Å². The second-order valence-corrected chi connectivity index (χ2v) is 5.43. The van der Waals surface area contributed by atoms with E-state index in [-0.39, 0.29) is 0 Å². The number of aromatic nitrogens is 1. The fraction of sp³-hybridized carbons (Fsp3) is 0.133. The largest absolute Gasteiger partial charge is 0.245 e. The van der Waals surface area contributed by atoms with Crippen LogP contribution in [0.2, 0.25) is 0 Å². The van der Waals surface area contributed by atoms with Gasteiger partial charge in [-0.1, -0.05) is 42.5 Å². The van der Waals surface area contributed by atoms with Crippen molar-refractivity contribution in [2.45, 2.75) is 12.3 Å². The summed E-state index contributed by atoms with van der Waals surface area (Å²) < 4.78 is 0. The minimum Gasteiger partial charge on any atom is -0.245 e. The summed E-state index contributed by atoms with van der Waals surface area (Å²) in [4.78, 5) is 4.49.